The van der Waals surface area contributed by atoms with Crippen molar-refractivity contribution in [3.63, 3.8) is 0 Å². The van der Waals surface area contributed by atoms with Crippen LogP contribution in [0.4, 0.5) is 5.69 Å². The Bertz CT molecular complexity index is 739. The molecule has 6 heteroatoms. The van der Waals surface area contributed by atoms with Gasteiger partial charge in [0.15, 0.2) is 5.11 Å². The van der Waals surface area contributed by atoms with E-state index in [0.29, 0.717) is 16.7 Å². The minimum absolute atomic E-state index is 0.183. The lowest BCUT2D eigenvalue weighted by Gasteiger charge is -2.24. The average Bonchev–Trinajstić information content (AvgIpc) is 2.52. The van der Waals surface area contributed by atoms with E-state index in [9.17, 15) is 0 Å². The van der Waals surface area contributed by atoms with Crippen molar-refractivity contribution in [2.24, 2.45) is 0 Å². The van der Waals surface area contributed by atoms with Crippen LogP contribution in [0, 0.1) is 13.8 Å². The van der Waals surface area contributed by atoms with Crippen molar-refractivity contribution < 1.29 is 4.90 Å². The molecule has 0 heterocycles. The first-order valence-corrected chi connectivity index (χ1v) is 9.32. The second-order valence-corrected chi connectivity index (χ2v) is 7.65. The van der Waals surface area contributed by atoms with Crippen molar-refractivity contribution in [1.29, 1.82) is 0 Å². The van der Waals surface area contributed by atoms with Crippen molar-refractivity contribution in [3.8, 4) is 0 Å². The zero-order valence-electron chi connectivity index (χ0n) is 14.9. The van der Waals surface area contributed by atoms with Gasteiger partial charge >= 0.3 is 0 Å². The highest BCUT2D eigenvalue weighted by Crippen LogP contribution is 2.27. The lowest BCUT2D eigenvalue weighted by molar-refractivity contribution is -0.890. The fourth-order valence-corrected chi connectivity index (χ4v) is 3.63. The smallest absolute Gasteiger partial charge is 0.171 e. The molecular formula is C19H24Cl2N3S+. The number of hydrogen-bond acceptors (Lipinski definition) is 1. The van der Waals surface area contributed by atoms with Gasteiger partial charge in [0.2, 0.25) is 0 Å². The first-order valence-electron chi connectivity index (χ1n) is 8.15. The number of benzene rings is 2. The summed E-state index contributed by atoms with van der Waals surface area (Å²) in [5, 5.41) is 8.49. The fourth-order valence-electron chi connectivity index (χ4n) is 2.81. The SMILES string of the molecule is Cc1cc(C)c(NC(=S)NC[C@H](c2ccccc2Cl)[NH+](C)C)c(Cl)c1. The largest absolute Gasteiger partial charge is 0.356 e. The molecule has 0 saturated heterocycles. The maximum atomic E-state index is 6.36. The average molecular weight is 397 g/mol. The Balaban J connectivity index is 2.07. The number of halogens is 2. The van der Waals surface area contributed by atoms with Gasteiger partial charge in [-0.1, -0.05) is 47.5 Å². The van der Waals surface area contributed by atoms with Crippen molar-refractivity contribution >= 4 is 46.2 Å². The molecule has 2 rings (SSSR count). The van der Waals surface area contributed by atoms with E-state index in [1.165, 1.54) is 4.90 Å². The first-order chi connectivity index (χ1) is 11.8. The number of nitrogens with one attached hydrogen (secondary N) is 3. The molecule has 0 aliphatic carbocycles. The molecule has 2 aromatic rings. The Morgan fingerprint density at radius 3 is 2.40 bits per heavy atom. The fraction of sp³-hybridized carbons (Fsp3) is 0.316. The Hall–Kier alpha value is -1.33. The number of likely N-dealkylation sites (N-methyl/N-ethyl adjacent to an activating group) is 1. The Morgan fingerprint density at radius 1 is 1.12 bits per heavy atom. The van der Waals surface area contributed by atoms with Crippen LogP contribution >= 0.6 is 35.4 Å². The highest BCUT2D eigenvalue weighted by atomic mass is 35.5. The molecule has 1 atom stereocenters. The van der Waals surface area contributed by atoms with Crippen LogP contribution in [0.15, 0.2) is 36.4 Å². The molecule has 3 N–H and O–H groups in total. The molecule has 0 fully saturated rings. The molecule has 0 saturated carbocycles. The molecule has 0 spiro atoms. The molecule has 3 nitrogen and oxygen atoms in total. The molecule has 0 aliphatic heterocycles. The molecule has 0 aromatic heterocycles. The van der Waals surface area contributed by atoms with Gasteiger partial charge in [0.1, 0.15) is 6.04 Å². The molecule has 0 aliphatic rings. The van der Waals surface area contributed by atoms with Gasteiger partial charge in [-0.05, 0) is 49.3 Å². The lowest BCUT2D eigenvalue weighted by atomic mass is 10.1. The summed E-state index contributed by atoms with van der Waals surface area (Å²) in [4.78, 5) is 1.27. The summed E-state index contributed by atoms with van der Waals surface area (Å²) in [5.74, 6) is 0. The minimum Gasteiger partial charge on any atom is -0.356 e. The van der Waals surface area contributed by atoms with Crippen LogP contribution in [0.5, 0.6) is 0 Å². The predicted molar refractivity (Wildman–Crippen MR) is 112 cm³/mol. The number of aryl methyl sites for hydroxylation is 2. The van der Waals surface area contributed by atoms with E-state index in [1.54, 1.807) is 0 Å². The lowest BCUT2D eigenvalue weighted by Crippen LogP contribution is -3.07. The third kappa shape index (κ3) is 5.32. The second-order valence-electron chi connectivity index (χ2n) is 6.43. The minimum atomic E-state index is 0.183. The molecule has 0 amide bonds. The van der Waals surface area contributed by atoms with Crippen LogP contribution in [-0.4, -0.2) is 25.8 Å². The molecule has 0 radical (unpaired) electrons. The highest BCUT2D eigenvalue weighted by molar-refractivity contribution is 7.80. The standard InChI is InChI=1S/C19H23Cl2N3S/c1-12-9-13(2)18(16(21)10-12)23-19(25)22-11-17(24(3)4)14-7-5-6-8-15(14)20/h5-10,17H,11H2,1-4H3,(H2,22,23,25)/p+1/t17-/m1/s1. The summed E-state index contributed by atoms with van der Waals surface area (Å²) in [6, 6.07) is 12.1. The van der Waals surface area contributed by atoms with Gasteiger partial charge in [0.05, 0.1) is 31.4 Å². The second kappa shape index (κ2) is 8.86. The van der Waals surface area contributed by atoms with Crippen molar-refractivity contribution in [3.05, 3.63) is 63.1 Å². The normalized spacial score (nSPS) is 12.1. The maximum Gasteiger partial charge on any atom is 0.171 e. The number of rotatable bonds is 5. The number of anilines is 1. The summed E-state index contributed by atoms with van der Waals surface area (Å²) >= 11 is 18.1. The van der Waals surface area contributed by atoms with E-state index in [4.69, 9.17) is 35.4 Å². The van der Waals surface area contributed by atoms with E-state index >= 15 is 0 Å². The summed E-state index contributed by atoms with van der Waals surface area (Å²) < 4.78 is 0. The van der Waals surface area contributed by atoms with Crippen LogP contribution in [0.25, 0.3) is 0 Å². The topological polar surface area (TPSA) is 28.5 Å². The zero-order valence-corrected chi connectivity index (χ0v) is 17.2. The Kier molecular flexibility index (Phi) is 7.08. The number of hydrogen-bond donors (Lipinski definition) is 3. The van der Waals surface area contributed by atoms with E-state index < -0.39 is 0 Å². The van der Waals surface area contributed by atoms with Crippen molar-refractivity contribution in [2.75, 3.05) is 26.0 Å². The first kappa shape index (κ1) is 20.0. The molecular weight excluding hydrogens is 373 g/mol. The third-order valence-corrected chi connectivity index (χ3v) is 5.00. The molecule has 0 unspecified atom stereocenters. The van der Waals surface area contributed by atoms with Gasteiger partial charge < -0.3 is 15.5 Å². The summed E-state index contributed by atoms with van der Waals surface area (Å²) in [5.41, 5.74) is 4.14. The van der Waals surface area contributed by atoms with Crippen molar-refractivity contribution in [2.45, 2.75) is 19.9 Å². The van der Waals surface area contributed by atoms with Crippen LogP contribution < -0.4 is 15.5 Å². The maximum absolute atomic E-state index is 6.36. The van der Waals surface area contributed by atoms with Crippen LogP contribution in [0.1, 0.15) is 22.7 Å². The van der Waals surface area contributed by atoms with Crippen LogP contribution in [0.2, 0.25) is 10.0 Å². The van der Waals surface area contributed by atoms with E-state index in [-0.39, 0.29) is 6.04 Å². The highest BCUT2D eigenvalue weighted by Gasteiger charge is 2.20. The Labute approximate surface area is 165 Å². The van der Waals surface area contributed by atoms with Crippen molar-refractivity contribution in [1.82, 2.24) is 5.32 Å². The Morgan fingerprint density at radius 2 is 1.80 bits per heavy atom. The van der Waals surface area contributed by atoms with Crippen LogP contribution in [0.3, 0.4) is 0 Å². The zero-order chi connectivity index (χ0) is 18.6. The van der Waals surface area contributed by atoms with Gasteiger partial charge in [-0.2, -0.15) is 0 Å². The molecule has 0 bridgehead atoms. The molecule has 134 valence electrons. The van der Waals surface area contributed by atoms with E-state index in [2.05, 4.69) is 36.9 Å². The summed E-state index contributed by atoms with van der Waals surface area (Å²) in [6.07, 6.45) is 0. The van der Waals surface area contributed by atoms with E-state index in [0.717, 1.165) is 27.4 Å². The van der Waals surface area contributed by atoms with Gasteiger partial charge in [-0.15, -0.1) is 0 Å². The number of quaternary nitrogens is 1. The van der Waals surface area contributed by atoms with Crippen LogP contribution in [-0.2, 0) is 0 Å². The predicted octanol–water partition coefficient (Wildman–Crippen LogP) is 3.78. The summed E-state index contributed by atoms with van der Waals surface area (Å²) in [7, 11) is 4.21. The van der Waals surface area contributed by atoms with Gasteiger partial charge in [0, 0.05) is 10.6 Å². The third-order valence-electron chi connectivity index (χ3n) is 4.11. The van der Waals surface area contributed by atoms with Gasteiger partial charge in [-0.25, -0.2) is 0 Å². The molecule has 2 aromatic carbocycles. The quantitative estimate of drug-likeness (QED) is 0.671. The molecule has 25 heavy (non-hydrogen) atoms. The number of thiocarbonyl (C=S) groups is 1. The summed E-state index contributed by atoms with van der Waals surface area (Å²) in [6.45, 7) is 4.70. The van der Waals surface area contributed by atoms with Gasteiger partial charge in [0.25, 0.3) is 0 Å². The van der Waals surface area contributed by atoms with Gasteiger partial charge in [-0.3, -0.25) is 0 Å². The van der Waals surface area contributed by atoms with E-state index in [1.807, 2.05) is 38.1 Å². The monoisotopic (exact) mass is 396 g/mol.